The maximum Gasteiger partial charge on any atom is 0.226 e. The highest BCUT2D eigenvalue weighted by Crippen LogP contribution is 2.25. The van der Waals surface area contributed by atoms with Crippen LogP contribution in [0.5, 0.6) is 0 Å². The Labute approximate surface area is 157 Å². The highest BCUT2D eigenvalue weighted by atomic mass is 35.5. The SMILES string of the molecule is Cc1ccc(NC(=O)CCCc2nc(-c3ccccc3Cl)no2)cc1C. The van der Waals surface area contributed by atoms with Gasteiger partial charge in [-0.15, -0.1) is 0 Å². The molecule has 0 aliphatic heterocycles. The van der Waals surface area contributed by atoms with Gasteiger partial charge in [0, 0.05) is 24.1 Å². The molecular formula is C20H20ClN3O2. The Kier molecular flexibility index (Phi) is 5.68. The molecular weight excluding hydrogens is 350 g/mol. The minimum Gasteiger partial charge on any atom is -0.339 e. The largest absolute Gasteiger partial charge is 0.339 e. The molecule has 0 aliphatic rings. The van der Waals surface area contributed by atoms with Crippen molar-refractivity contribution >= 4 is 23.2 Å². The molecule has 1 N–H and O–H groups in total. The van der Waals surface area contributed by atoms with Crippen molar-refractivity contribution in [3.8, 4) is 11.4 Å². The number of rotatable bonds is 6. The van der Waals surface area contributed by atoms with Crippen LogP contribution in [-0.2, 0) is 11.2 Å². The van der Waals surface area contributed by atoms with Crippen LogP contribution in [0.3, 0.4) is 0 Å². The van der Waals surface area contributed by atoms with E-state index < -0.39 is 0 Å². The van der Waals surface area contributed by atoms with Crippen molar-refractivity contribution < 1.29 is 9.32 Å². The summed E-state index contributed by atoms with van der Waals surface area (Å²) < 4.78 is 5.25. The molecule has 0 unspecified atom stereocenters. The number of benzene rings is 2. The van der Waals surface area contributed by atoms with Crippen molar-refractivity contribution in [1.29, 1.82) is 0 Å². The van der Waals surface area contributed by atoms with E-state index in [-0.39, 0.29) is 5.91 Å². The van der Waals surface area contributed by atoms with Crippen molar-refractivity contribution in [2.45, 2.75) is 33.1 Å². The van der Waals surface area contributed by atoms with E-state index in [1.165, 1.54) is 5.56 Å². The quantitative estimate of drug-likeness (QED) is 0.666. The third kappa shape index (κ3) is 4.49. The standard InChI is InChI=1S/C20H20ClN3O2/c1-13-10-11-15(12-14(13)2)22-18(25)8-5-9-19-23-20(24-26-19)16-6-3-4-7-17(16)21/h3-4,6-7,10-12H,5,8-9H2,1-2H3,(H,22,25). The van der Waals surface area contributed by atoms with Crippen LogP contribution in [0.2, 0.25) is 5.02 Å². The van der Waals surface area contributed by atoms with Gasteiger partial charge in [-0.05, 0) is 55.7 Å². The zero-order valence-electron chi connectivity index (χ0n) is 14.8. The van der Waals surface area contributed by atoms with Gasteiger partial charge in [-0.1, -0.05) is 35.0 Å². The zero-order chi connectivity index (χ0) is 18.5. The van der Waals surface area contributed by atoms with Crippen molar-refractivity contribution in [2.75, 3.05) is 5.32 Å². The van der Waals surface area contributed by atoms with Gasteiger partial charge in [-0.25, -0.2) is 0 Å². The Balaban J connectivity index is 1.51. The zero-order valence-corrected chi connectivity index (χ0v) is 15.5. The van der Waals surface area contributed by atoms with E-state index in [4.69, 9.17) is 16.1 Å². The normalized spacial score (nSPS) is 10.7. The molecule has 1 aromatic heterocycles. The highest BCUT2D eigenvalue weighted by Gasteiger charge is 2.12. The number of aromatic nitrogens is 2. The molecule has 2 aromatic carbocycles. The first-order chi connectivity index (χ1) is 12.5. The Bertz CT molecular complexity index is 921. The molecule has 0 radical (unpaired) electrons. The lowest BCUT2D eigenvalue weighted by Gasteiger charge is -2.07. The number of anilines is 1. The average Bonchev–Trinajstić information content (AvgIpc) is 3.07. The van der Waals surface area contributed by atoms with E-state index in [9.17, 15) is 4.79 Å². The number of carbonyl (C=O) groups is 1. The maximum absolute atomic E-state index is 12.1. The molecule has 0 saturated carbocycles. The van der Waals surface area contributed by atoms with E-state index in [0.717, 1.165) is 16.8 Å². The number of amides is 1. The van der Waals surface area contributed by atoms with Crippen molar-refractivity contribution in [2.24, 2.45) is 0 Å². The Morgan fingerprint density at radius 3 is 2.73 bits per heavy atom. The van der Waals surface area contributed by atoms with Gasteiger partial charge in [0.05, 0.1) is 5.02 Å². The summed E-state index contributed by atoms with van der Waals surface area (Å²) in [7, 11) is 0. The lowest BCUT2D eigenvalue weighted by molar-refractivity contribution is -0.116. The molecule has 1 amide bonds. The molecule has 0 spiro atoms. The van der Waals surface area contributed by atoms with E-state index in [1.807, 2.05) is 50.2 Å². The molecule has 0 aliphatic carbocycles. The highest BCUT2D eigenvalue weighted by molar-refractivity contribution is 6.33. The Morgan fingerprint density at radius 1 is 1.15 bits per heavy atom. The van der Waals surface area contributed by atoms with Gasteiger partial charge in [0.1, 0.15) is 0 Å². The molecule has 26 heavy (non-hydrogen) atoms. The first-order valence-electron chi connectivity index (χ1n) is 8.47. The summed E-state index contributed by atoms with van der Waals surface area (Å²) in [5.41, 5.74) is 3.91. The van der Waals surface area contributed by atoms with Crippen LogP contribution in [0.1, 0.15) is 29.9 Å². The molecule has 6 heteroatoms. The monoisotopic (exact) mass is 369 g/mol. The summed E-state index contributed by atoms with van der Waals surface area (Å²) in [4.78, 5) is 16.4. The average molecular weight is 370 g/mol. The maximum atomic E-state index is 12.1. The number of nitrogens with one attached hydrogen (secondary N) is 1. The Hall–Kier alpha value is -2.66. The van der Waals surface area contributed by atoms with Crippen molar-refractivity contribution in [3.63, 3.8) is 0 Å². The van der Waals surface area contributed by atoms with Crippen molar-refractivity contribution in [1.82, 2.24) is 10.1 Å². The van der Waals surface area contributed by atoms with Gasteiger partial charge in [0.25, 0.3) is 0 Å². The molecule has 0 bridgehead atoms. The third-order valence-electron chi connectivity index (χ3n) is 4.17. The smallest absolute Gasteiger partial charge is 0.226 e. The van der Waals surface area contributed by atoms with Gasteiger partial charge in [-0.2, -0.15) is 4.98 Å². The second kappa shape index (κ2) is 8.15. The summed E-state index contributed by atoms with van der Waals surface area (Å²) in [5, 5.41) is 7.45. The molecule has 5 nitrogen and oxygen atoms in total. The molecule has 3 aromatic rings. The summed E-state index contributed by atoms with van der Waals surface area (Å²) in [6, 6.07) is 13.2. The number of carbonyl (C=O) groups excluding carboxylic acids is 1. The first kappa shape index (κ1) is 18.1. The van der Waals surface area contributed by atoms with Gasteiger partial charge >= 0.3 is 0 Å². The lowest BCUT2D eigenvalue weighted by Crippen LogP contribution is -2.11. The number of hydrogen-bond donors (Lipinski definition) is 1. The second-order valence-corrected chi connectivity index (χ2v) is 6.60. The predicted octanol–water partition coefficient (Wildman–Crippen LogP) is 4.97. The van der Waals surface area contributed by atoms with Crippen LogP contribution < -0.4 is 5.32 Å². The molecule has 3 rings (SSSR count). The number of aryl methyl sites for hydroxylation is 3. The summed E-state index contributed by atoms with van der Waals surface area (Å²) in [5.74, 6) is 0.933. The van der Waals surface area contributed by atoms with Gasteiger partial charge in [0.2, 0.25) is 17.6 Å². The summed E-state index contributed by atoms with van der Waals surface area (Å²) in [6.07, 6.45) is 1.55. The fourth-order valence-corrected chi connectivity index (χ4v) is 2.77. The molecule has 0 saturated heterocycles. The fraction of sp³-hybridized carbons (Fsp3) is 0.250. The van der Waals surface area contributed by atoms with E-state index >= 15 is 0 Å². The molecule has 1 heterocycles. The minimum atomic E-state index is -0.0286. The molecule has 0 fully saturated rings. The second-order valence-electron chi connectivity index (χ2n) is 6.19. The van der Waals surface area contributed by atoms with Gasteiger partial charge in [-0.3, -0.25) is 4.79 Å². The van der Waals surface area contributed by atoms with Crippen LogP contribution in [0.25, 0.3) is 11.4 Å². The van der Waals surface area contributed by atoms with Crippen LogP contribution in [0, 0.1) is 13.8 Å². The summed E-state index contributed by atoms with van der Waals surface area (Å²) >= 11 is 6.14. The topological polar surface area (TPSA) is 68.0 Å². The first-order valence-corrected chi connectivity index (χ1v) is 8.85. The number of nitrogens with zero attached hydrogens (tertiary/aromatic N) is 2. The molecule has 0 atom stereocenters. The third-order valence-corrected chi connectivity index (χ3v) is 4.50. The Morgan fingerprint density at radius 2 is 1.96 bits per heavy atom. The van der Waals surface area contributed by atoms with E-state index in [0.29, 0.717) is 36.0 Å². The minimum absolute atomic E-state index is 0.0286. The van der Waals surface area contributed by atoms with Crippen LogP contribution in [-0.4, -0.2) is 16.0 Å². The lowest BCUT2D eigenvalue weighted by atomic mass is 10.1. The van der Waals surface area contributed by atoms with Crippen LogP contribution >= 0.6 is 11.6 Å². The summed E-state index contributed by atoms with van der Waals surface area (Å²) in [6.45, 7) is 4.07. The van der Waals surface area contributed by atoms with Crippen LogP contribution in [0.4, 0.5) is 5.69 Å². The number of hydrogen-bond acceptors (Lipinski definition) is 4. The fourth-order valence-electron chi connectivity index (χ4n) is 2.55. The van der Waals surface area contributed by atoms with E-state index in [2.05, 4.69) is 15.5 Å². The van der Waals surface area contributed by atoms with Gasteiger partial charge in [0.15, 0.2) is 0 Å². The molecule has 134 valence electrons. The van der Waals surface area contributed by atoms with E-state index in [1.54, 1.807) is 6.07 Å². The predicted molar refractivity (Wildman–Crippen MR) is 102 cm³/mol. The van der Waals surface area contributed by atoms with Crippen molar-refractivity contribution in [3.05, 3.63) is 64.5 Å². The van der Waals surface area contributed by atoms with Crippen LogP contribution in [0.15, 0.2) is 47.0 Å². The van der Waals surface area contributed by atoms with Gasteiger partial charge < -0.3 is 9.84 Å². The number of halogens is 1.